The molecule has 4 amide bonds. The fourth-order valence-corrected chi connectivity index (χ4v) is 13.6. The van der Waals surface area contributed by atoms with E-state index in [9.17, 15) is 36.7 Å². The second-order valence-electron chi connectivity index (χ2n) is 30.3. The molecule has 624 valence electrons. The maximum Gasteiger partial charge on any atom is 0.573 e. The van der Waals surface area contributed by atoms with Crippen LogP contribution in [-0.4, -0.2) is 152 Å². The first kappa shape index (κ1) is 87.1. The number of hydrazone groups is 4. The molecule has 0 aromatic heterocycles. The summed E-state index contributed by atoms with van der Waals surface area (Å²) in [5, 5.41) is 24.1. The number of amides is 4. The van der Waals surface area contributed by atoms with Gasteiger partial charge in [0.05, 0.1) is 107 Å². The Balaban J connectivity index is 0.000000157. The Labute approximate surface area is 694 Å². The third kappa shape index (κ3) is 20.6. The Morgan fingerprint density at radius 1 is 0.300 bits per heavy atom. The summed E-state index contributed by atoms with van der Waals surface area (Å²) in [7, 11) is 12.6. The lowest BCUT2D eigenvalue weighted by Gasteiger charge is -2.28. The highest BCUT2D eigenvalue weighted by molar-refractivity contribution is 6.09. The van der Waals surface area contributed by atoms with E-state index in [4.69, 9.17) is 52.5 Å². The van der Waals surface area contributed by atoms with Crippen LogP contribution in [0.25, 0.3) is 0 Å². The van der Waals surface area contributed by atoms with Gasteiger partial charge in [-0.2, -0.15) is 20.4 Å². The number of hydrogen-bond acceptors (Lipinski definition) is 19. The number of hydrogen-bond donors (Lipinski definition) is 0. The van der Waals surface area contributed by atoms with Gasteiger partial charge < -0.3 is 52.1 Å². The number of carbonyl (C=O) groups is 4. The number of benzene rings is 10. The Morgan fingerprint density at radius 3 is 0.917 bits per heavy atom. The zero-order valence-electron chi connectivity index (χ0n) is 69.5. The SMILES string of the molecule is COc1ccc(C2=NN(C(=O)c3ccc(Oc4ccccc4)cc3)C(C)(C)C2)cc1OC.COc1ccc(C2=NN(C(=O)c3cccc(OC(F)(F)F)c3)C(C)(C)C2)cc1OC.COc1ccc(C2=NN(C(=O)c3cccc(Oc4ccccc4)c3)C(C)(C)C2)cc1OC.COc1ccc(C2=NN(C(=O)c3ccccc3F)C(C)(C)C2)cc1OC. The molecule has 14 rings (SSSR count). The summed E-state index contributed by atoms with van der Waals surface area (Å²) in [5.74, 6) is 5.26. The van der Waals surface area contributed by atoms with Crippen molar-refractivity contribution in [2.75, 3.05) is 56.9 Å². The van der Waals surface area contributed by atoms with Gasteiger partial charge in [0, 0.05) is 64.6 Å². The highest BCUT2D eigenvalue weighted by Crippen LogP contribution is 2.41. The Morgan fingerprint density at radius 2 is 0.583 bits per heavy atom. The van der Waals surface area contributed by atoms with Crippen molar-refractivity contribution in [3.63, 3.8) is 0 Å². The quantitative estimate of drug-likeness (QED) is 0.0609. The molecule has 27 heteroatoms. The standard InChI is InChI=1S/2C26H26N2O4.C21H21F3N2O4.C20H21FN2O3/c1-26(2)17-22(18-13-14-23(30-3)24(16-18)31-4)27-28(26)25(29)19-9-8-12-21(15-19)32-20-10-6-5-7-11-20;1-26(2)17-22(19-12-15-23(30-3)24(16-19)31-4)27-28(26)25(29)18-10-13-21(14-11-18)32-20-8-6-5-7-9-20;1-20(2)12-16(13-8-9-17(28-3)18(11-13)29-4)25-26(20)19(27)14-6-5-7-15(10-14)30-21(22,23)24;1-20(2)12-16(13-9-10-17(25-3)18(11-13)26-4)22-23(20)19(24)14-7-5-6-8-15(14)21/h2*5-16H,17H2,1-4H3;5-11H,12H2,1-4H3;5-11H,12H2,1-4H3. The number of ether oxygens (including phenoxy) is 11. The van der Waals surface area contributed by atoms with Gasteiger partial charge in [-0.3, -0.25) is 19.2 Å². The van der Waals surface area contributed by atoms with Crippen molar-refractivity contribution in [3.8, 4) is 74.7 Å². The van der Waals surface area contributed by atoms with Gasteiger partial charge in [-0.15, -0.1) is 13.2 Å². The number of alkyl halides is 3. The average molecular weight is 1640 g/mol. The molecule has 23 nitrogen and oxygen atoms in total. The highest BCUT2D eigenvalue weighted by Gasteiger charge is 2.44. The number of rotatable bonds is 21. The number of halogens is 4. The van der Waals surface area contributed by atoms with Crippen LogP contribution in [0.1, 0.15) is 145 Å². The van der Waals surface area contributed by atoms with Crippen LogP contribution >= 0.6 is 0 Å². The molecule has 10 aromatic rings. The molecule has 0 radical (unpaired) electrons. The third-order valence-corrected chi connectivity index (χ3v) is 19.8. The van der Waals surface area contributed by atoms with Gasteiger partial charge in [0.15, 0.2) is 46.0 Å². The lowest BCUT2D eigenvalue weighted by Crippen LogP contribution is -2.41. The molecule has 0 unspecified atom stereocenters. The zero-order valence-corrected chi connectivity index (χ0v) is 69.5. The summed E-state index contributed by atoms with van der Waals surface area (Å²) < 4.78 is 110. The topological polar surface area (TPSA) is 232 Å². The van der Waals surface area contributed by atoms with Crippen LogP contribution in [0.15, 0.2) is 251 Å². The second kappa shape index (κ2) is 37.3. The van der Waals surface area contributed by atoms with Crippen LogP contribution in [0.3, 0.4) is 0 Å². The fourth-order valence-electron chi connectivity index (χ4n) is 13.6. The molecule has 0 fully saturated rings. The van der Waals surface area contributed by atoms with Crippen molar-refractivity contribution in [1.82, 2.24) is 20.0 Å². The molecule has 4 aliphatic heterocycles. The van der Waals surface area contributed by atoms with Gasteiger partial charge in [0.25, 0.3) is 23.6 Å². The Bertz CT molecular complexity index is 5500. The molecular formula is C93H94F4N8O15. The van der Waals surface area contributed by atoms with E-state index in [1.165, 1.54) is 48.5 Å². The maximum atomic E-state index is 14.0. The van der Waals surface area contributed by atoms with Crippen molar-refractivity contribution in [1.29, 1.82) is 0 Å². The third-order valence-electron chi connectivity index (χ3n) is 19.8. The van der Waals surface area contributed by atoms with Gasteiger partial charge in [-0.25, -0.2) is 24.4 Å². The van der Waals surface area contributed by atoms with Crippen molar-refractivity contribution in [2.24, 2.45) is 20.4 Å². The molecule has 0 N–H and O–H groups in total. The maximum absolute atomic E-state index is 14.0. The van der Waals surface area contributed by atoms with Crippen LogP contribution in [0.4, 0.5) is 17.6 Å². The molecule has 0 aliphatic carbocycles. The van der Waals surface area contributed by atoms with Gasteiger partial charge in [-0.05, 0) is 225 Å². The van der Waals surface area contributed by atoms with Gasteiger partial charge in [-0.1, -0.05) is 60.7 Å². The van der Waals surface area contributed by atoms with Crippen LogP contribution in [0, 0.1) is 5.82 Å². The van der Waals surface area contributed by atoms with Crippen molar-refractivity contribution in [2.45, 2.75) is 110 Å². The Kier molecular flexibility index (Phi) is 27.1. The minimum atomic E-state index is -4.84. The summed E-state index contributed by atoms with van der Waals surface area (Å²) in [6, 6.07) is 66.3. The van der Waals surface area contributed by atoms with E-state index >= 15 is 0 Å². The minimum Gasteiger partial charge on any atom is -0.493 e. The molecule has 4 heterocycles. The predicted molar refractivity (Wildman–Crippen MR) is 449 cm³/mol. The van der Waals surface area contributed by atoms with Crippen LogP contribution < -0.4 is 52.1 Å². The lowest BCUT2D eigenvalue weighted by molar-refractivity contribution is -0.274. The monoisotopic (exact) mass is 1640 g/mol. The lowest BCUT2D eigenvalue weighted by atomic mass is 9.94. The van der Waals surface area contributed by atoms with Crippen molar-refractivity contribution in [3.05, 3.63) is 281 Å². The summed E-state index contributed by atoms with van der Waals surface area (Å²) in [6.45, 7) is 15.5. The van der Waals surface area contributed by atoms with Crippen molar-refractivity contribution >= 4 is 46.5 Å². The van der Waals surface area contributed by atoms with Crippen LogP contribution in [0.2, 0.25) is 0 Å². The smallest absolute Gasteiger partial charge is 0.493 e. The van der Waals surface area contributed by atoms with E-state index < -0.39 is 51.9 Å². The van der Waals surface area contributed by atoms with E-state index in [-0.39, 0.29) is 22.9 Å². The van der Waals surface area contributed by atoms with Crippen molar-refractivity contribution < 1.29 is 88.8 Å². The largest absolute Gasteiger partial charge is 0.573 e. The first-order valence-electron chi connectivity index (χ1n) is 38.1. The Hall–Kier alpha value is -13.7. The van der Waals surface area contributed by atoms with Gasteiger partial charge >= 0.3 is 6.36 Å². The van der Waals surface area contributed by atoms with E-state index in [1.807, 2.05) is 183 Å². The second-order valence-corrected chi connectivity index (χ2v) is 30.3. The number of methoxy groups -OCH3 is 8. The summed E-state index contributed by atoms with van der Waals surface area (Å²) in [5.41, 5.74) is 5.36. The molecule has 0 saturated heterocycles. The van der Waals surface area contributed by atoms with E-state index in [0.717, 1.165) is 57.3 Å². The summed E-state index contributed by atoms with van der Waals surface area (Å²) in [6.07, 6.45) is -2.60. The fraction of sp³-hybridized carbons (Fsp3) is 0.269. The number of carbonyl (C=O) groups excluding carboxylic acids is 4. The van der Waals surface area contributed by atoms with Gasteiger partial charge in [0.1, 0.15) is 34.6 Å². The molecule has 0 atom stereocenters. The van der Waals surface area contributed by atoms with Gasteiger partial charge in [0.2, 0.25) is 0 Å². The van der Waals surface area contributed by atoms with Crippen LogP contribution in [-0.2, 0) is 0 Å². The van der Waals surface area contributed by atoms with E-state index in [0.29, 0.717) is 106 Å². The highest BCUT2D eigenvalue weighted by atomic mass is 19.4. The number of para-hydroxylation sites is 2. The van der Waals surface area contributed by atoms with E-state index in [1.54, 1.807) is 119 Å². The predicted octanol–water partition coefficient (Wildman–Crippen LogP) is 19.6. The molecule has 0 spiro atoms. The minimum absolute atomic E-state index is 0.0119. The first-order chi connectivity index (χ1) is 57.2. The molecule has 4 aliphatic rings. The summed E-state index contributed by atoms with van der Waals surface area (Å²) in [4.78, 5) is 52.5. The average Bonchev–Trinajstić information content (AvgIpc) is 1.64. The molecule has 0 bridgehead atoms. The number of nitrogens with zero attached hydrogens (tertiary/aromatic N) is 8. The molecule has 10 aromatic carbocycles. The molecule has 120 heavy (non-hydrogen) atoms. The molecule has 0 saturated carbocycles. The summed E-state index contributed by atoms with van der Waals surface area (Å²) >= 11 is 0. The molecular weight excluding hydrogens is 1550 g/mol. The van der Waals surface area contributed by atoms with E-state index in [2.05, 4.69) is 20.0 Å². The first-order valence-corrected chi connectivity index (χ1v) is 38.1. The zero-order chi connectivity index (χ0) is 86.4. The normalized spacial score (nSPS) is 15.1. The van der Waals surface area contributed by atoms with Crippen LogP contribution in [0.5, 0.6) is 74.7 Å².